The van der Waals surface area contributed by atoms with Gasteiger partial charge in [0.25, 0.3) is 0 Å². The van der Waals surface area contributed by atoms with Gasteiger partial charge in [0.1, 0.15) is 0 Å². The fourth-order valence-electron chi connectivity index (χ4n) is 1.94. The molecule has 0 saturated carbocycles. The number of piperidine rings is 1. The number of thioether (sulfide) groups is 1. The molecular weight excluding hydrogens is 178 g/mol. The molecule has 2 saturated heterocycles. The molecule has 0 spiro atoms. The monoisotopic (exact) mass is 203 g/mol. The molecule has 1 atom stereocenters. The van der Waals surface area contributed by atoms with Crippen molar-refractivity contribution in [2.24, 2.45) is 0 Å². The standard InChI is InChI=1S/C8H15NS.C2H6.CH4/c1-2-4-9-5-6-10-7-8(9)3-1;1-2;/h8H,1-7H2;1-2H3;1H4. The molecule has 2 rings (SSSR count). The number of hydrogen-bond donors (Lipinski definition) is 0. The summed E-state index contributed by atoms with van der Waals surface area (Å²) < 4.78 is 0. The van der Waals surface area contributed by atoms with Crippen LogP contribution in [0.2, 0.25) is 0 Å². The third kappa shape index (κ3) is 3.90. The Morgan fingerprint density at radius 1 is 1.15 bits per heavy atom. The van der Waals surface area contributed by atoms with Crippen LogP contribution in [0.4, 0.5) is 0 Å². The van der Waals surface area contributed by atoms with E-state index in [1.807, 2.05) is 13.8 Å². The summed E-state index contributed by atoms with van der Waals surface area (Å²) in [5.41, 5.74) is 0. The Bertz CT molecular complexity index is 90.7. The van der Waals surface area contributed by atoms with Gasteiger partial charge in [0.2, 0.25) is 0 Å². The summed E-state index contributed by atoms with van der Waals surface area (Å²) >= 11 is 2.14. The highest BCUT2D eigenvalue weighted by atomic mass is 32.2. The zero-order valence-electron chi connectivity index (χ0n) is 8.38. The summed E-state index contributed by atoms with van der Waals surface area (Å²) in [4.78, 5) is 2.68. The number of hydrogen-bond acceptors (Lipinski definition) is 2. The van der Waals surface area contributed by atoms with Gasteiger partial charge in [0, 0.05) is 24.1 Å². The van der Waals surface area contributed by atoms with Gasteiger partial charge >= 0.3 is 0 Å². The second kappa shape index (κ2) is 7.69. The fraction of sp³-hybridized carbons (Fsp3) is 1.00. The Kier molecular flexibility index (Phi) is 7.87. The van der Waals surface area contributed by atoms with Crippen LogP contribution in [-0.4, -0.2) is 35.5 Å². The molecule has 2 heteroatoms. The third-order valence-electron chi connectivity index (χ3n) is 2.58. The van der Waals surface area contributed by atoms with E-state index in [2.05, 4.69) is 16.7 Å². The molecule has 0 aromatic carbocycles. The van der Waals surface area contributed by atoms with E-state index in [9.17, 15) is 0 Å². The van der Waals surface area contributed by atoms with Crippen molar-refractivity contribution in [2.45, 2.75) is 46.6 Å². The Hall–Kier alpha value is 0.310. The molecule has 0 aliphatic carbocycles. The Morgan fingerprint density at radius 2 is 1.92 bits per heavy atom. The van der Waals surface area contributed by atoms with E-state index in [1.54, 1.807) is 0 Å². The minimum atomic E-state index is 0. The molecule has 2 fully saturated rings. The van der Waals surface area contributed by atoms with Crippen molar-refractivity contribution in [2.75, 3.05) is 24.6 Å². The third-order valence-corrected chi connectivity index (χ3v) is 3.67. The van der Waals surface area contributed by atoms with E-state index in [-0.39, 0.29) is 7.43 Å². The molecule has 2 aliphatic heterocycles. The van der Waals surface area contributed by atoms with Crippen LogP contribution in [0.3, 0.4) is 0 Å². The van der Waals surface area contributed by atoms with Crippen molar-refractivity contribution in [3.63, 3.8) is 0 Å². The molecule has 0 aromatic heterocycles. The average Bonchev–Trinajstić information content (AvgIpc) is 2.21. The van der Waals surface area contributed by atoms with Crippen LogP contribution in [0.5, 0.6) is 0 Å². The van der Waals surface area contributed by atoms with Crippen molar-refractivity contribution in [1.82, 2.24) is 4.90 Å². The van der Waals surface area contributed by atoms with Crippen molar-refractivity contribution in [3.05, 3.63) is 0 Å². The predicted molar refractivity (Wildman–Crippen MR) is 64.6 cm³/mol. The molecule has 2 aliphatic rings. The molecule has 1 nitrogen and oxygen atoms in total. The minimum absolute atomic E-state index is 0. The molecule has 0 bridgehead atoms. The molecule has 0 N–H and O–H groups in total. The van der Waals surface area contributed by atoms with Crippen molar-refractivity contribution in [1.29, 1.82) is 0 Å². The molecule has 0 amide bonds. The zero-order valence-corrected chi connectivity index (χ0v) is 9.20. The lowest BCUT2D eigenvalue weighted by Crippen LogP contribution is -2.45. The smallest absolute Gasteiger partial charge is 0.0186 e. The maximum Gasteiger partial charge on any atom is 0.0186 e. The van der Waals surface area contributed by atoms with Crippen LogP contribution in [0, 0.1) is 0 Å². The van der Waals surface area contributed by atoms with Gasteiger partial charge in [-0.2, -0.15) is 11.8 Å². The van der Waals surface area contributed by atoms with Gasteiger partial charge in [-0.05, 0) is 19.4 Å². The second-order valence-corrected chi connectivity index (χ2v) is 4.41. The number of nitrogens with zero attached hydrogens (tertiary/aromatic N) is 1. The highest BCUT2D eigenvalue weighted by molar-refractivity contribution is 7.99. The quantitative estimate of drug-likeness (QED) is 0.594. The first-order valence-electron chi connectivity index (χ1n) is 5.28. The highest BCUT2D eigenvalue weighted by Crippen LogP contribution is 2.24. The van der Waals surface area contributed by atoms with E-state index >= 15 is 0 Å². The van der Waals surface area contributed by atoms with E-state index < -0.39 is 0 Å². The van der Waals surface area contributed by atoms with Crippen LogP contribution in [0.25, 0.3) is 0 Å². The lowest BCUT2D eigenvalue weighted by atomic mass is 10.0. The Morgan fingerprint density at radius 3 is 2.62 bits per heavy atom. The van der Waals surface area contributed by atoms with Gasteiger partial charge < -0.3 is 0 Å². The first-order valence-corrected chi connectivity index (χ1v) is 6.44. The zero-order chi connectivity index (χ0) is 8.81. The summed E-state index contributed by atoms with van der Waals surface area (Å²) in [6.07, 6.45) is 4.38. The summed E-state index contributed by atoms with van der Waals surface area (Å²) in [5.74, 6) is 2.77. The molecule has 80 valence electrons. The highest BCUT2D eigenvalue weighted by Gasteiger charge is 2.24. The van der Waals surface area contributed by atoms with E-state index in [1.165, 1.54) is 43.9 Å². The average molecular weight is 203 g/mol. The summed E-state index contributed by atoms with van der Waals surface area (Å²) in [7, 11) is 0. The van der Waals surface area contributed by atoms with Crippen molar-refractivity contribution >= 4 is 11.8 Å². The van der Waals surface area contributed by atoms with Gasteiger partial charge in [0.15, 0.2) is 0 Å². The molecular formula is C11H25NS. The minimum Gasteiger partial charge on any atom is -0.299 e. The summed E-state index contributed by atoms with van der Waals surface area (Å²) in [6.45, 7) is 6.74. The first-order chi connectivity index (χ1) is 5.97. The predicted octanol–water partition coefficient (Wildman–Crippen LogP) is 3.25. The topological polar surface area (TPSA) is 3.24 Å². The molecule has 2 heterocycles. The van der Waals surface area contributed by atoms with Crippen molar-refractivity contribution < 1.29 is 0 Å². The Labute approximate surface area is 88.3 Å². The maximum atomic E-state index is 2.68. The normalized spacial score (nSPS) is 27.7. The molecule has 0 radical (unpaired) electrons. The van der Waals surface area contributed by atoms with Crippen LogP contribution in [0.1, 0.15) is 40.5 Å². The van der Waals surface area contributed by atoms with Gasteiger partial charge in [0.05, 0.1) is 0 Å². The van der Waals surface area contributed by atoms with E-state index in [0.717, 1.165) is 6.04 Å². The second-order valence-electron chi connectivity index (χ2n) is 3.26. The van der Waals surface area contributed by atoms with Gasteiger partial charge in [-0.1, -0.05) is 27.7 Å². The first kappa shape index (κ1) is 13.3. The maximum absolute atomic E-state index is 2.68. The van der Waals surface area contributed by atoms with Crippen molar-refractivity contribution in [3.8, 4) is 0 Å². The number of fused-ring (bicyclic) bond motifs is 1. The van der Waals surface area contributed by atoms with Gasteiger partial charge in [-0.3, -0.25) is 4.90 Å². The van der Waals surface area contributed by atoms with Gasteiger partial charge in [-0.15, -0.1) is 0 Å². The van der Waals surface area contributed by atoms with E-state index in [0.29, 0.717) is 0 Å². The summed E-state index contributed by atoms with van der Waals surface area (Å²) in [5, 5.41) is 0. The SMILES string of the molecule is C.C1CCN2CCSCC2C1.CC. The Balaban J connectivity index is 0.000000451. The fourth-order valence-corrected chi connectivity index (χ4v) is 3.12. The molecule has 13 heavy (non-hydrogen) atoms. The van der Waals surface area contributed by atoms with Crippen LogP contribution in [0.15, 0.2) is 0 Å². The van der Waals surface area contributed by atoms with Crippen LogP contribution < -0.4 is 0 Å². The lowest BCUT2D eigenvalue weighted by Gasteiger charge is -2.38. The molecule has 0 aromatic rings. The van der Waals surface area contributed by atoms with Crippen LogP contribution >= 0.6 is 11.8 Å². The van der Waals surface area contributed by atoms with Gasteiger partial charge in [-0.25, -0.2) is 0 Å². The van der Waals surface area contributed by atoms with E-state index in [4.69, 9.17) is 0 Å². The summed E-state index contributed by atoms with van der Waals surface area (Å²) in [6, 6.07) is 0.951. The van der Waals surface area contributed by atoms with Crippen LogP contribution in [-0.2, 0) is 0 Å². The number of rotatable bonds is 0. The lowest BCUT2D eigenvalue weighted by molar-refractivity contribution is 0.169. The largest absolute Gasteiger partial charge is 0.299 e. The molecule has 1 unspecified atom stereocenters.